The summed E-state index contributed by atoms with van der Waals surface area (Å²) in [6.07, 6.45) is -6.11. The van der Waals surface area contributed by atoms with Crippen molar-refractivity contribution in [3.05, 3.63) is 33.4 Å². The van der Waals surface area contributed by atoms with Crippen LogP contribution in [0.1, 0.15) is 33.4 Å². The first-order chi connectivity index (χ1) is 9.18. The Kier molecular flexibility index (Phi) is 4.15. The summed E-state index contributed by atoms with van der Waals surface area (Å²) < 4.78 is 79.0. The fraction of sp³-hybridized carbons (Fsp3) is 0.571. The quantitative estimate of drug-likeness (QED) is 0.795. The van der Waals surface area contributed by atoms with Gasteiger partial charge in [0.25, 0.3) is 0 Å². The largest absolute Gasteiger partial charge is 0.455 e. The first-order valence-corrected chi connectivity index (χ1v) is 6.11. The van der Waals surface area contributed by atoms with Crippen molar-refractivity contribution in [3.63, 3.8) is 0 Å². The average molecular weight is 314 g/mol. The Morgan fingerprint density at radius 2 is 0.905 bits per heavy atom. The van der Waals surface area contributed by atoms with Crippen LogP contribution in [0, 0.1) is 34.6 Å². The van der Waals surface area contributed by atoms with Crippen molar-refractivity contribution in [2.75, 3.05) is 0 Å². The van der Waals surface area contributed by atoms with E-state index in [1.165, 1.54) is 27.7 Å². The van der Waals surface area contributed by atoms with E-state index in [9.17, 15) is 26.3 Å². The van der Waals surface area contributed by atoms with Crippen molar-refractivity contribution in [1.82, 2.24) is 0 Å². The molecule has 0 aromatic heterocycles. The van der Waals surface area contributed by atoms with Crippen LogP contribution in [0.5, 0.6) is 0 Å². The van der Waals surface area contributed by atoms with Crippen molar-refractivity contribution < 1.29 is 31.4 Å². The molecule has 1 nitrogen and oxygen atoms in total. The van der Waals surface area contributed by atoms with Gasteiger partial charge in [0.05, 0.1) is 0 Å². The zero-order valence-electron chi connectivity index (χ0n) is 12.2. The topological polar surface area (TPSA) is 20.2 Å². The van der Waals surface area contributed by atoms with Gasteiger partial charge < -0.3 is 5.11 Å². The summed E-state index contributed by atoms with van der Waals surface area (Å²) in [5, 5.41) is 8.79. The van der Waals surface area contributed by atoms with Crippen molar-refractivity contribution in [3.8, 4) is 0 Å². The highest BCUT2D eigenvalue weighted by Gasteiger charge is 2.72. The van der Waals surface area contributed by atoms with E-state index in [-0.39, 0.29) is 11.1 Å². The van der Waals surface area contributed by atoms with Crippen molar-refractivity contribution in [1.29, 1.82) is 0 Å². The number of halogens is 6. The van der Waals surface area contributed by atoms with Crippen molar-refractivity contribution in [2.45, 2.75) is 52.6 Å². The van der Waals surface area contributed by atoms with Crippen LogP contribution in [0.2, 0.25) is 0 Å². The lowest BCUT2D eigenvalue weighted by atomic mass is 9.84. The first kappa shape index (κ1) is 17.8. The summed E-state index contributed by atoms with van der Waals surface area (Å²) >= 11 is 0. The SMILES string of the molecule is Cc1c(C)c(C)c(C(F)(F)C(O)(F)C(F)(F)F)c(C)c1C. The van der Waals surface area contributed by atoms with Crippen LogP contribution in [0.3, 0.4) is 0 Å². The van der Waals surface area contributed by atoms with E-state index in [1.54, 1.807) is 6.92 Å². The van der Waals surface area contributed by atoms with Gasteiger partial charge in [-0.05, 0) is 62.4 Å². The van der Waals surface area contributed by atoms with Gasteiger partial charge in [0.15, 0.2) is 0 Å². The Morgan fingerprint density at radius 3 is 1.19 bits per heavy atom. The zero-order chi connectivity index (χ0) is 17.0. The van der Waals surface area contributed by atoms with Crippen molar-refractivity contribution >= 4 is 0 Å². The van der Waals surface area contributed by atoms with Crippen LogP contribution in [0.15, 0.2) is 0 Å². The summed E-state index contributed by atoms with van der Waals surface area (Å²) in [6, 6.07) is 0. The minimum Gasteiger partial charge on any atom is -0.350 e. The molecule has 0 bridgehead atoms. The monoisotopic (exact) mass is 314 g/mol. The number of aliphatic hydroxyl groups is 1. The maximum atomic E-state index is 14.1. The molecule has 0 saturated heterocycles. The Balaban J connectivity index is 3.76. The first-order valence-electron chi connectivity index (χ1n) is 6.11. The number of rotatable bonds is 2. The molecule has 0 saturated carbocycles. The van der Waals surface area contributed by atoms with Crippen LogP contribution in [0.25, 0.3) is 0 Å². The number of hydrogen-bond donors (Lipinski definition) is 1. The molecule has 1 atom stereocenters. The van der Waals surface area contributed by atoms with Gasteiger partial charge in [-0.3, -0.25) is 0 Å². The fourth-order valence-electron chi connectivity index (χ4n) is 2.31. The summed E-state index contributed by atoms with van der Waals surface area (Å²) in [6.45, 7) is 6.93. The van der Waals surface area contributed by atoms with Gasteiger partial charge in [-0.25, -0.2) is 0 Å². The molecule has 0 heterocycles. The van der Waals surface area contributed by atoms with Gasteiger partial charge in [-0.15, -0.1) is 0 Å². The minimum atomic E-state index is -6.11. The van der Waals surface area contributed by atoms with Gasteiger partial charge in [0, 0.05) is 5.56 Å². The molecule has 7 heteroatoms. The molecule has 0 amide bonds. The summed E-state index contributed by atoms with van der Waals surface area (Å²) in [4.78, 5) is 0. The van der Waals surface area contributed by atoms with Gasteiger partial charge in [0.2, 0.25) is 0 Å². The molecule has 1 rings (SSSR count). The van der Waals surface area contributed by atoms with E-state index in [2.05, 4.69) is 0 Å². The maximum Gasteiger partial charge on any atom is 0.455 e. The summed E-state index contributed by atoms with van der Waals surface area (Å²) in [5.74, 6) is -10.7. The predicted octanol–water partition coefficient (Wildman–Crippen LogP) is 4.54. The molecule has 0 aliphatic heterocycles. The zero-order valence-corrected chi connectivity index (χ0v) is 12.2. The number of benzene rings is 1. The molecule has 120 valence electrons. The normalized spacial score (nSPS) is 16.0. The Hall–Kier alpha value is -1.24. The van der Waals surface area contributed by atoms with Crippen LogP contribution in [0.4, 0.5) is 26.3 Å². The molecule has 21 heavy (non-hydrogen) atoms. The van der Waals surface area contributed by atoms with Gasteiger partial charge in [0.1, 0.15) is 0 Å². The molecule has 1 aromatic carbocycles. The second-order valence-electron chi connectivity index (χ2n) is 5.19. The van der Waals surface area contributed by atoms with E-state index < -0.39 is 23.5 Å². The molecule has 0 aliphatic rings. The third-order valence-electron chi connectivity index (χ3n) is 4.11. The second-order valence-corrected chi connectivity index (χ2v) is 5.19. The lowest BCUT2D eigenvalue weighted by molar-refractivity contribution is -0.390. The van der Waals surface area contributed by atoms with Crippen LogP contribution in [-0.2, 0) is 5.92 Å². The lowest BCUT2D eigenvalue weighted by Crippen LogP contribution is -2.54. The predicted molar refractivity (Wildman–Crippen MR) is 66.1 cm³/mol. The molecule has 0 spiro atoms. The van der Waals surface area contributed by atoms with E-state index in [0.717, 1.165) is 0 Å². The van der Waals surface area contributed by atoms with Gasteiger partial charge in [-0.2, -0.15) is 26.3 Å². The highest BCUT2D eigenvalue weighted by atomic mass is 19.4. The molecule has 0 fully saturated rings. The van der Waals surface area contributed by atoms with Crippen LogP contribution in [-0.4, -0.2) is 17.1 Å². The third-order valence-corrected chi connectivity index (χ3v) is 4.11. The molecule has 0 radical (unpaired) electrons. The van der Waals surface area contributed by atoms with Gasteiger partial charge >= 0.3 is 18.0 Å². The van der Waals surface area contributed by atoms with Crippen molar-refractivity contribution in [2.24, 2.45) is 0 Å². The number of alkyl halides is 6. The Labute approximate surface area is 118 Å². The minimum absolute atomic E-state index is 0.166. The fourth-order valence-corrected chi connectivity index (χ4v) is 2.31. The van der Waals surface area contributed by atoms with E-state index >= 15 is 0 Å². The smallest absolute Gasteiger partial charge is 0.350 e. The molecule has 1 aromatic rings. The molecule has 0 aliphatic carbocycles. The average Bonchev–Trinajstić information content (AvgIpc) is 2.32. The molecule has 1 unspecified atom stereocenters. The third kappa shape index (κ3) is 2.41. The second kappa shape index (κ2) is 4.90. The van der Waals surface area contributed by atoms with Gasteiger partial charge in [-0.1, -0.05) is 0 Å². The lowest BCUT2D eigenvalue weighted by Gasteiger charge is -2.33. The maximum absolute atomic E-state index is 14.1. The van der Waals surface area contributed by atoms with E-state index in [0.29, 0.717) is 16.7 Å². The Morgan fingerprint density at radius 1 is 0.619 bits per heavy atom. The molecular formula is C14H16F6O. The number of hydrogen-bond acceptors (Lipinski definition) is 1. The highest BCUT2D eigenvalue weighted by molar-refractivity contribution is 5.51. The van der Waals surface area contributed by atoms with E-state index in [1.807, 2.05) is 0 Å². The summed E-state index contributed by atoms with van der Waals surface area (Å²) in [5.41, 5.74) is -0.136. The van der Waals surface area contributed by atoms with E-state index in [4.69, 9.17) is 5.11 Å². The van der Waals surface area contributed by atoms with Crippen LogP contribution >= 0.6 is 0 Å². The summed E-state index contributed by atoms with van der Waals surface area (Å²) in [7, 11) is 0. The Bertz CT molecular complexity index is 543. The highest BCUT2D eigenvalue weighted by Crippen LogP contribution is 2.51. The molecule has 1 N–H and O–H groups in total. The standard InChI is InChI=1S/C14H16F6O/c1-6-7(2)9(4)11(10(5)8(6)3)12(15,16)13(17,21)14(18,19)20/h21H,1-5H3. The molecular weight excluding hydrogens is 298 g/mol. The van der Waals surface area contributed by atoms with Crippen LogP contribution < -0.4 is 0 Å².